The summed E-state index contributed by atoms with van der Waals surface area (Å²) in [5, 5.41) is 0. The molecule has 1 N–H and O–H groups in total. The average Bonchev–Trinajstić information content (AvgIpc) is 2.79. The van der Waals surface area contributed by atoms with Crippen LogP contribution >= 0.6 is 0 Å². The van der Waals surface area contributed by atoms with Gasteiger partial charge in [-0.25, -0.2) is 0 Å². The fraction of sp³-hybridized carbons (Fsp3) is 0.625. The van der Waals surface area contributed by atoms with Crippen molar-refractivity contribution in [1.29, 1.82) is 0 Å². The van der Waals surface area contributed by atoms with E-state index in [1.54, 1.807) is 0 Å². The van der Waals surface area contributed by atoms with Crippen LogP contribution in [-0.4, -0.2) is 46.9 Å². The first-order valence-corrected chi connectivity index (χ1v) is 7.66. The van der Waals surface area contributed by atoms with Crippen molar-refractivity contribution in [2.45, 2.75) is 52.2 Å². The highest BCUT2D eigenvalue weighted by atomic mass is 16.5. The Morgan fingerprint density at radius 3 is 2.81 bits per heavy atom. The molecule has 0 radical (unpaired) electrons. The van der Waals surface area contributed by atoms with Gasteiger partial charge in [-0.2, -0.15) is 0 Å². The summed E-state index contributed by atoms with van der Waals surface area (Å²) < 4.78 is 5.58. The topological polar surface area (TPSA) is 62.4 Å². The van der Waals surface area contributed by atoms with Crippen molar-refractivity contribution in [3.05, 3.63) is 22.5 Å². The Morgan fingerprint density at radius 2 is 2.10 bits per heavy atom. The summed E-state index contributed by atoms with van der Waals surface area (Å²) in [5.74, 6) is 0.143. The molecule has 2 atom stereocenters. The van der Waals surface area contributed by atoms with Crippen LogP contribution in [0.4, 0.5) is 0 Å². The second-order valence-electron chi connectivity index (χ2n) is 6.21. The number of fused-ring (bicyclic) bond motifs is 1. The number of aryl methyl sites for hydroxylation is 1. The van der Waals surface area contributed by atoms with Gasteiger partial charge in [0.2, 0.25) is 0 Å². The number of aromatic nitrogens is 1. The van der Waals surface area contributed by atoms with E-state index in [1.807, 2.05) is 25.7 Å². The number of nitrogens with one attached hydrogen (secondary N) is 1. The Bertz CT molecular complexity index is 591. The Kier molecular flexibility index (Phi) is 3.61. The summed E-state index contributed by atoms with van der Waals surface area (Å²) in [6.45, 7) is 7.00. The van der Waals surface area contributed by atoms with Gasteiger partial charge in [0.25, 0.3) is 5.91 Å². The molecular weight excluding hydrogens is 268 g/mol. The van der Waals surface area contributed by atoms with Crippen LogP contribution in [0.15, 0.2) is 0 Å². The molecule has 1 aromatic rings. The molecule has 114 valence electrons. The first-order valence-electron chi connectivity index (χ1n) is 7.66. The van der Waals surface area contributed by atoms with E-state index in [1.165, 1.54) is 0 Å². The molecule has 1 amide bonds. The predicted molar refractivity (Wildman–Crippen MR) is 78.7 cm³/mol. The molecule has 0 saturated carbocycles. The molecule has 5 nitrogen and oxygen atoms in total. The van der Waals surface area contributed by atoms with Gasteiger partial charge in [0.15, 0.2) is 5.78 Å². The number of nitrogens with zero attached hydrogens (tertiary/aromatic N) is 1. The van der Waals surface area contributed by atoms with Gasteiger partial charge in [0.1, 0.15) is 5.69 Å². The smallest absolute Gasteiger partial charge is 0.270 e. The molecule has 1 fully saturated rings. The Balaban J connectivity index is 1.93. The number of morpholine rings is 1. The Hall–Kier alpha value is -1.62. The van der Waals surface area contributed by atoms with Crippen LogP contribution in [0.25, 0.3) is 0 Å². The molecule has 0 aromatic carbocycles. The number of Topliss-reactive ketones (excluding diaryl/α,β-unsaturated/α-hetero) is 1. The second kappa shape index (κ2) is 5.30. The lowest BCUT2D eigenvalue weighted by Crippen LogP contribution is -2.50. The van der Waals surface area contributed by atoms with Crippen molar-refractivity contribution in [2.75, 3.05) is 13.2 Å². The summed E-state index contributed by atoms with van der Waals surface area (Å²) in [5.41, 5.74) is 3.07. The predicted octanol–water partition coefficient (Wildman–Crippen LogP) is 2.09. The number of ketones is 1. The van der Waals surface area contributed by atoms with Gasteiger partial charge in [0, 0.05) is 24.2 Å². The van der Waals surface area contributed by atoms with Gasteiger partial charge in [0.05, 0.1) is 18.8 Å². The lowest BCUT2D eigenvalue weighted by atomic mass is 9.93. The quantitative estimate of drug-likeness (QED) is 0.861. The number of aromatic amines is 1. The highest BCUT2D eigenvalue weighted by molar-refractivity contribution is 6.04. The van der Waals surface area contributed by atoms with Gasteiger partial charge in [-0.1, -0.05) is 0 Å². The number of hydrogen-bond donors (Lipinski definition) is 1. The zero-order valence-corrected chi connectivity index (χ0v) is 12.9. The molecule has 2 heterocycles. The van der Waals surface area contributed by atoms with Gasteiger partial charge >= 0.3 is 0 Å². The van der Waals surface area contributed by atoms with Crippen LogP contribution in [0.5, 0.6) is 0 Å². The van der Waals surface area contributed by atoms with E-state index in [-0.39, 0.29) is 23.8 Å². The third kappa shape index (κ3) is 2.39. The maximum absolute atomic E-state index is 12.8. The fourth-order valence-corrected chi connectivity index (χ4v) is 3.32. The van der Waals surface area contributed by atoms with E-state index in [4.69, 9.17) is 4.74 Å². The molecule has 1 aliphatic heterocycles. The minimum Gasteiger partial charge on any atom is -0.375 e. The molecule has 2 unspecified atom stereocenters. The third-order valence-corrected chi connectivity index (χ3v) is 4.52. The fourth-order valence-electron chi connectivity index (χ4n) is 3.32. The van der Waals surface area contributed by atoms with Gasteiger partial charge in [-0.15, -0.1) is 0 Å². The molecule has 1 aliphatic carbocycles. The van der Waals surface area contributed by atoms with Crippen molar-refractivity contribution in [3.63, 3.8) is 0 Å². The summed E-state index contributed by atoms with van der Waals surface area (Å²) in [4.78, 5) is 30.0. The van der Waals surface area contributed by atoms with Crippen LogP contribution in [0.3, 0.4) is 0 Å². The molecule has 2 aliphatic rings. The summed E-state index contributed by atoms with van der Waals surface area (Å²) in [6, 6.07) is 0.0594. The largest absolute Gasteiger partial charge is 0.375 e. The maximum atomic E-state index is 12.8. The van der Waals surface area contributed by atoms with Crippen LogP contribution in [0.1, 0.15) is 58.8 Å². The molecule has 0 bridgehead atoms. The van der Waals surface area contributed by atoms with Crippen molar-refractivity contribution < 1.29 is 14.3 Å². The Labute approximate surface area is 124 Å². The van der Waals surface area contributed by atoms with Crippen molar-refractivity contribution >= 4 is 11.7 Å². The molecule has 1 saturated heterocycles. The minimum atomic E-state index is -0.0163. The maximum Gasteiger partial charge on any atom is 0.270 e. The first kappa shape index (κ1) is 14.3. The van der Waals surface area contributed by atoms with Gasteiger partial charge in [-0.3, -0.25) is 9.59 Å². The van der Waals surface area contributed by atoms with Crippen LogP contribution < -0.4 is 0 Å². The molecule has 0 spiro atoms. The highest BCUT2D eigenvalue weighted by Gasteiger charge is 2.32. The van der Waals surface area contributed by atoms with E-state index in [9.17, 15) is 9.59 Å². The molecule has 21 heavy (non-hydrogen) atoms. The number of amides is 1. The highest BCUT2D eigenvalue weighted by Crippen LogP contribution is 2.28. The standard InChI is InChI=1S/C16H22N2O3/c1-9-8-21-10(2)7-18(9)16(20)15-11(3)14-12(17-15)5-4-6-13(14)19/h9-10,17H,4-8H2,1-3H3. The number of rotatable bonds is 1. The van der Waals surface area contributed by atoms with Crippen LogP contribution in [0, 0.1) is 6.92 Å². The molecule has 1 aromatic heterocycles. The number of ether oxygens (including phenoxy) is 1. The second-order valence-corrected chi connectivity index (χ2v) is 6.21. The van der Waals surface area contributed by atoms with E-state index >= 15 is 0 Å². The third-order valence-electron chi connectivity index (χ3n) is 4.52. The Morgan fingerprint density at radius 1 is 1.33 bits per heavy atom. The average molecular weight is 290 g/mol. The zero-order valence-electron chi connectivity index (χ0n) is 12.9. The van der Waals surface area contributed by atoms with E-state index < -0.39 is 0 Å². The van der Waals surface area contributed by atoms with Crippen molar-refractivity contribution in [3.8, 4) is 0 Å². The van der Waals surface area contributed by atoms with E-state index in [0.717, 1.165) is 29.7 Å². The number of carbonyl (C=O) groups is 2. The van der Waals surface area contributed by atoms with Crippen LogP contribution in [-0.2, 0) is 11.2 Å². The normalized spacial score (nSPS) is 25.9. The van der Waals surface area contributed by atoms with Crippen molar-refractivity contribution in [1.82, 2.24) is 9.88 Å². The lowest BCUT2D eigenvalue weighted by Gasteiger charge is -2.36. The number of H-pyrrole nitrogens is 1. The molecular formula is C16H22N2O3. The molecule has 5 heteroatoms. The number of carbonyl (C=O) groups excluding carboxylic acids is 2. The lowest BCUT2D eigenvalue weighted by molar-refractivity contribution is -0.0389. The number of hydrogen-bond acceptors (Lipinski definition) is 3. The first-order chi connectivity index (χ1) is 9.99. The molecule has 3 rings (SSSR count). The van der Waals surface area contributed by atoms with E-state index in [2.05, 4.69) is 4.98 Å². The van der Waals surface area contributed by atoms with E-state index in [0.29, 0.717) is 25.3 Å². The van der Waals surface area contributed by atoms with Gasteiger partial charge in [-0.05, 0) is 39.2 Å². The van der Waals surface area contributed by atoms with Crippen LogP contribution in [0.2, 0.25) is 0 Å². The summed E-state index contributed by atoms with van der Waals surface area (Å²) in [6.07, 6.45) is 2.36. The summed E-state index contributed by atoms with van der Waals surface area (Å²) >= 11 is 0. The van der Waals surface area contributed by atoms with Gasteiger partial charge < -0.3 is 14.6 Å². The zero-order chi connectivity index (χ0) is 15.1. The monoisotopic (exact) mass is 290 g/mol. The summed E-state index contributed by atoms with van der Waals surface area (Å²) in [7, 11) is 0. The SMILES string of the molecule is Cc1c(C(=O)N2CC(C)OCC2C)[nH]c2c1C(=O)CCC2. The minimum absolute atomic E-state index is 0.0163. The van der Waals surface area contributed by atoms with Crippen molar-refractivity contribution in [2.24, 2.45) is 0 Å².